The zero-order valence-corrected chi connectivity index (χ0v) is 11.9. The molecule has 0 heterocycles. The smallest absolute Gasteiger partial charge is 0.224 e. The molecule has 0 spiro atoms. The highest BCUT2D eigenvalue weighted by Crippen LogP contribution is 2.42. The maximum absolute atomic E-state index is 12.9. The minimum Gasteiger partial charge on any atom is -0.385 e. The summed E-state index contributed by atoms with van der Waals surface area (Å²) in [5.74, 6) is -0.561. The van der Waals surface area contributed by atoms with Gasteiger partial charge in [-0.2, -0.15) is 0 Å². The number of sulfone groups is 1. The molecule has 0 aliphatic rings. The number of hydrogen-bond acceptors (Lipinski definition) is 3. The number of aliphatic hydroxyl groups excluding tert-OH is 1. The summed E-state index contributed by atoms with van der Waals surface area (Å²) in [5, 5.41) is 9.82. The molecule has 0 aliphatic carbocycles. The van der Waals surface area contributed by atoms with Crippen LogP contribution >= 0.6 is 34.2 Å². The Kier molecular flexibility index (Phi) is 4.20. The standard InChI is InChI=1S/C9H9ClFIO3S/c1-16(14,15)9(10,12)8(13)6-3-2-4-7(11)5-6/h2-5,8,13H,1H3. The summed E-state index contributed by atoms with van der Waals surface area (Å²) in [6.07, 6.45) is -0.588. The zero-order chi connectivity index (χ0) is 12.6. The van der Waals surface area contributed by atoms with Crippen molar-refractivity contribution in [3.8, 4) is 0 Å². The van der Waals surface area contributed by atoms with Crippen molar-refractivity contribution in [2.75, 3.05) is 6.26 Å². The van der Waals surface area contributed by atoms with Gasteiger partial charge in [-0.1, -0.05) is 23.7 Å². The molecule has 0 saturated heterocycles. The van der Waals surface area contributed by atoms with Crippen LogP contribution in [0.25, 0.3) is 0 Å². The van der Waals surface area contributed by atoms with Crippen LogP contribution in [-0.4, -0.2) is 22.0 Å². The Balaban J connectivity index is 3.17. The maximum Gasteiger partial charge on any atom is 0.224 e. The lowest BCUT2D eigenvalue weighted by Crippen LogP contribution is -2.32. The second-order valence-electron chi connectivity index (χ2n) is 3.29. The van der Waals surface area contributed by atoms with E-state index in [2.05, 4.69) is 0 Å². The first-order valence-electron chi connectivity index (χ1n) is 4.17. The van der Waals surface area contributed by atoms with E-state index < -0.39 is 24.0 Å². The van der Waals surface area contributed by atoms with E-state index >= 15 is 0 Å². The summed E-state index contributed by atoms with van der Waals surface area (Å²) in [6, 6.07) is 5.03. The van der Waals surface area contributed by atoms with E-state index in [9.17, 15) is 17.9 Å². The average molecular weight is 379 g/mol. The van der Waals surface area contributed by atoms with Crippen LogP contribution < -0.4 is 0 Å². The van der Waals surface area contributed by atoms with E-state index in [1.54, 1.807) is 0 Å². The van der Waals surface area contributed by atoms with E-state index in [-0.39, 0.29) is 5.56 Å². The summed E-state index contributed by atoms with van der Waals surface area (Å²) >= 11 is 7.20. The Labute approximate surface area is 112 Å². The second kappa shape index (κ2) is 4.75. The van der Waals surface area contributed by atoms with Crippen LogP contribution in [0, 0.1) is 5.82 Å². The number of hydrogen-bond donors (Lipinski definition) is 1. The fourth-order valence-electron chi connectivity index (χ4n) is 1.07. The second-order valence-corrected chi connectivity index (χ2v) is 9.37. The minimum absolute atomic E-state index is 0.120. The molecule has 0 saturated carbocycles. The van der Waals surface area contributed by atoms with E-state index in [0.717, 1.165) is 12.3 Å². The maximum atomic E-state index is 12.9. The largest absolute Gasteiger partial charge is 0.385 e. The summed E-state index contributed by atoms with van der Waals surface area (Å²) in [5.41, 5.74) is 0.120. The van der Waals surface area contributed by atoms with Crippen LogP contribution in [0.2, 0.25) is 0 Å². The summed E-state index contributed by atoms with van der Waals surface area (Å²) in [6.45, 7) is 0. The average Bonchev–Trinajstić information content (AvgIpc) is 2.14. The summed E-state index contributed by atoms with van der Waals surface area (Å²) in [7, 11) is -3.68. The highest BCUT2D eigenvalue weighted by atomic mass is 127. The fourth-order valence-corrected chi connectivity index (χ4v) is 2.10. The van der Waals surface area contributed by atoms with Crippen molar-refractivity contribution in [2.24, 2.45) is 0 Å². The molecule has 90 valence electrons. The molecule has 1 N–H and O–H groups in total. The van der Waals surface area contributed by atoms with Gasteiger partial charge in [-0.25, -0.2) is 12.8 Å². The Morgan fingerprint density at radius 3 is 2.56 bits per heavy atom. The molecule has 0 aromatic heterocycles. The van der Waals surface area contributed by atoms with Gasteiger partial charge in [-0.15, -0.1) is 0 Å². The fraction of sp³-hybridized carbons (Fsp3) is 0.333. The molecule has 0 fully saturated rings. The molecule has 2 atom stereocenters. The Morgan fingerprint density at radius 1 is 1.56 bits per heavy atom. The summed E-state index contributed by atoms with van der Waals surface area (Å²) in [4.78, 5) is 0. The molecule has 1 aromatic carbocycles. The lowest BCUT2D eigenvalue weighted by Gasteiger charge is -2.24. The number of benzene rings is 1. The van der Waals surface area contributed by atoms with Crippen molar-refractivity contribution in [3.05, 3.63) is 35.6 Å². The third-order valence-electron chi connectivity index (χ3n) is 1.98. The van der Waals surface area contributed by atoms with Crippen molar-refractivity contribution in [1.29, 1.82) is 0 Å². The SMILES string of the molecule is CS(=O)(=O)C(Cl)(I)C(O)c1cccc(F)c1. The highest BCUT2D eigenvalue weighted by Gasteiger charge is 2.44. The number of alkyl halides is 2. The van der Waals surface area contributed by atoms with Gasteiger partial charge in [0.15, 0.2) is 9.84 Å². The predicted molar refractivity (Wildman–Crippen MR) is 68.8 cm³/mol. The topological polar surface area (TPSA) is 54.4 Å². The van der Waals surface area contributed by atoms with E-state index in [0.29, 0.717) is 0 Å². The highest BCUT2D eigenvalue weighted by molar-refractivity contribution is 14.1. The molecule has 1 rings (SSSR count). The van der Waals surface area contributed by atoms with E-state index in [1.165, 1.54) is 40.8 Å². The number of rotatable bonds is 3. The molecule has 16 heavy (non-hydrogen) atoms. The first-order chi connectivity index (χ1) is 7.16. The lowest BCUT2D eigenvalue weighted by atomic mass is 10.1. The minimum atomic E-state index is -3.68. The molecular weight excluding hydrogens is 370 g/mol. The first-order valence-corrected chi connectivity index (χ1v) is 7.52. The van der Waals surface area contributed by atoms with Crippen LogP contribution in [-0.2, 0) is 9.84 Å². The summed E-state index contributed by atoms with van der Waals surface area (Å²) < 4.78 is 33.7. The van der Waals surface area contributed by atoms with E-state index in [4.69, 9.17) is 11.6 Å². The monoisotopic (exact) mass is 378 g/mol. The van der Waals surface area contributed by atoms with Gasteiger partial charge in [-0.05, 0) is 40.3 Å². The molecule has 1 aromatic rings. The van der Waals surface area contributed by atoms with E-state index in [1.807, 2.05) is 0 Å². The van der Waals surface area contributed by atoms with Crippen molar-refractivity contribution in [3.63, 3.8) is 0 Å². The molecule has 7 heteroatoms. The molecule has 0 amide bonds. The third kappa shape index (κ3) is 2.85. The van der Waals surface area contributed by atoms with Gasteiger partial charge in [0.2, 0.25) is 2.21 Å². The van der Waals surface area contributed by atoms with Gasteiger partial charge < -0.3 is 5.11 Å². The third-order valence-corrected chi connectivity index (χ3v) is 7.23. The molecule has 2 unspecified atom stereocenters. The van der Waals surface area contributed by atoms with Crippen LogP contribution in [0.15, 0.2) is 24.3 Å². The lowest BCUT2D eigenvalue weighted by molar-refractivity contribution is 0.187. The van der Waals surface area contributed by atoms with Crippen molar-refractivity contribution >= 4 is 44.0 Å². The zero-order valence-electron chi connectivity index (χ0n) is 8.19. The van der Waals surface area contributed by atoms with Crippen molar-refractivity contribution in [1.82, 2.24) is 0 Å². The number of halogens is 3. The number of aliphatic hydroxyl groups is 1. The van der Waals surface area contributed by atoms with Crippen molar-refractivity contribution < 1.29 is 17.9 Å². The van der Waals surface area contributed by atoms with Gasteiger partial charge in [0.05, 0.1) is 0 Å². The van der Waals surface area contributed by atoms with Gasteiger partial charge >= 0.3 is 0 Å². The van der Waals surface area contributed by atoms with Gasteiger partial charge in [0.25, 0.3) is 0 Å². The van der Waals surface area contributed by atoms with Crippen LogP contribution in [0.1, 0.15) is 11.7 Å². The van der Waals surface area contributed by atoms with Gasteiger partial charge in [-0.3, -0.25) is 0 Å². The van der Waals surface area contributed by atoms with Crippen LogP contribution in [0.3, 0.4) is 0 Å². The molecule has 3 nitrogen and oxygen atoms in total. The molecule has 0 radical (unpaired) electrons. The van der Waals surface area contributed by atoms with Gasteiger partial charge in [0, 0.05) is 6.26 Å². The Bertz CT molecular complexity index is 489. The predicted octanol–water partition coefficient (Wildman–Crippen LogP) is 2.23. The Hall–Kier alpha value is 0.0800. The molecule has 0 aliphatic heterocycles. The molecular formula is C9H9ClFIO3S. The quantitative estimate of drug-likeness (QED) is 0.648. The van der Waals surface area contributed by atoms with Crippen LogP contribution in [0.5, 0.6) is 0 Å². The molecule has 0 bridgehead atoms. The van der Waals surface area contributed by atoms with Crippen LogP contribution in [0.4, 0.5) is 4.39 Å². The normalized spacial score (nSPS) is 17.8. The first kappa shape index (κ1) is 14.1. The van der Waals surface area contributed by atoms with Gasteiger partial charge in [0.1, 0.15) is 11.9 Å². The Morgan fingerprint density at radius 2 is 2.12 bits per heavy atom. The van der Waals surface area contributed by atoms with Crippen molar-refractivity contribution in [2.45, 2.75) is 8.32 Å².